The highest BCUT2D eigenvalue weighted by Crippen LogP contribution is 2.23. The number of nitrogens with two attached hydrogens (primary N) is 1. The van der Waals surface area contributed by atoms with Crippen molar-refractivity contribution in [1.82, 2.24) is 0 Å². The van der Waals surface area contributed by atoms with Crippen LogP contribution in [0.2, 0.25) is 0 Å². The van der Waals surface area contributed by atoms with Crippen LogP contribution in [0.4, 0.5) is 0 Å². The number of hydrogen-bond donors (Lipinski definition) is 1. The SMILES string of the molecule is NCCCCCCOCCCCc1ccc2c(c1)C(=O)CCC2. The number of carbonyl (C=O) groups is 1. The van der Waals surface area contributed by atoms with Crippen LogP contribution in [-0.2, 0) is 17.6 Å². The van der Waals surface area contributed by atoms with Crippen LogP contribution in [0.3, 0.4) is 0 Å². The van der Waals surface area contributed by atoms with E-state index < -0.39 is 0 Å². The average Bonchev–Trinajstić information content (AvgIpc) is 2.57. The molecular formula is C20H31NO2. The number of fused-ring (bicyclic) bond motifs is 1. The lowest BCUT2D eigenvalue weighted by atomic mass is 9.88. The number of ether oxygens (including phenoxy) is 1. The fourth-order valence-corrected chi connectivity index (χ4v) is 3.17. The van der Waals surface area contributed by atoms with Crippen molar-refractivity contribution < 1.29 is 9.53 Å². The van der Waals surface area contributed by atoms with Crippen LogP contribution in [0.15, 0.2) is 18.2 Å². The maximum absolute atomic E-state index is 12.0. The van der Waals surface area contributed by atoms with Crippen LogP contribution in [0.25, 0.3) is 0 Å². The lowest BCUT2D eigenvalue weighted by molar-refractivity contribution is 0.0972. The zero-order chi connectivity index (χ0) is 16.3. The molecule has 0 atom stereocenters. The summed E-state index contributed by atoms with van der Waals surface area (Å²) >= 11 is 0. The van der Waals surface area contributed by atoms with Crippen LogP contribution in [0.1, 0.15) is 72.9 Å². The molecule has 0 spiro atoms. The van der Waals surface area contributed by atoms with E-state index in [1.165, 1.54) is 24.0 Å². The molecule has 0 unspecified atom stereocenters. The Balaban J connectivity index is 1.56. The van der Waals surface area contributed by atoms with E-state index in [-0.39, 0.29) is 0 Å². The molecule has 0 radical (unpaired) electrons. The molecule has 2 rings (SSSR count). The Bertz CT molecular complexity index is 485. The van der Waals surface area contributed by atoms with Gasteiger partial charge in [-0.25, -0.2) is 0 Å². The molecule has 0 heterocycles. The van der Waals surface area contributed by atoms with Crippen molar-refractivity contribution in [3.8, 4) is 0 Å². The van der Waals surface area contributed by atoms with E-state index in [2.05, 4.69) is 18.2 Å². The number of aryl methyl sites for hydroxylation is 2. The van der Waals surface area contributed by atoms with Crippen molar-refractivity contribution in [3.63, 3.8) is 0 Å². The molecule has 0 bridgehead atoms. The standard InChI is InChI=1S/C20H31NO2/c21-13-4-1-2-5-14-23-15-6-3-8-17-11-12-18-9-7-10-20(22)19(18)16-17/h11-12,16H,1-10,13-15,21H2. The molecule has 1 aromatic carbocycles. The number of unbranched alkanes of at least 4 members (excludes halogenated alkanes) is 4. The molecule has 0 saturated carbocycles. The van der Waals surface area contributed by atoms with E-state index in [4.69, 9.17) is 10.5 Å². The van der Waals surface area contributed by atoms with Crippen molar-refractivity contribution in [1.29, 1.82) is 0 Å². The summed E-state index contributed by atoms with van der Waals surface area (Å²) in [5.41, 5.74) is 8.97. The molecule has 3 nitrogen and oxygen atoms in total. The highest BCUT2D eigenvalue weighted by molar-refractivity contribution is 5.98. The number of hydrogen-bond acceptors (Lipinski definition) is 3. The van der Waals surface area contributed by atoms with E-state index in [9.17, 15) is 4.79 Å². The number of Topliss-reactive ketones (excluding diaryl/α,β-unsaturated/α-hetero) is 1. The predicted molar refractivity (Wildman–Crippen MR) is 95.0 cm³/mol. The van der Waals surface area contributed by atoms with E-state index in [1.807, 2.05) is 0 Å². The molecule has 128 valence electrons. The van der Waals surface area contributed by atoms with Gasteiger partial charge in [-0.2, -0.15) is 0 Å². The zero-order valence-corrected chi connectivity index (χ0v) is 14.3. The first-order valence-electron chi connectivity index (χ1n) is 9.24. The third-order valence-electron chi connectivity index (χ3n) is 4.57. The van der Waals surface area contributed by atoms with Crippen molar-refractivity contribution in [3.05, 3.63) is 34.9 Å². The molecule has 0 amide bonds. The van der Waals surface area contributed by atoms with Crippen LogP contribution in [0.5, 0.6) is 0 Å². The summed E-state index contributed by atoms with van der Waals surface area (Å²) in [6.07, 6.45) is 10.8. The molecule has 1 aliphatic carbocycles. The van der Waals surface area contributed by atoms with Gasteiger partial charge >= 0.3 is 0 Å². The Hall–Kier alpha value is -1.19. The number of benzene rings is 1. The molecule has 23 heavy (non-hydrogen) atoms. The number of ketones is 1. The second kappa shape index (κ2) is 10.6. The zero-order valence-electron chi connectivity index (χ0n) is 14.3. The highest BCUT2D eigenvalue weighted by atomic mass is 16.5. The van der Waals surface area contributed by atoms with Crippen molar-refractivity contribution in [2.24, 2.45) is 5.73 Å². The summed E-state index contributed by atoms with van der Waals surface area (Å²) in [5.74, 6) is 0.325. The summed E-state index contributed by atoms with van der Waals surface area (Å²) in [7, 11) is 0. The van der Waals surface area contributed by atoms with Crippen LogP contribution < -0.4 is 5.73 Å². The number of rotatable bonds is 11. The first kappa shape index (κ1) is 18.2. The predicted octanol–water partition coefficient (Wildman–Crippen LogP) is 4.06. The van der Waals surface area contributed by atoms with Gasteiger partial charge in [-0.3, -0.25) is 4.79 Å². The molecule has 1 aromatic rings. The highest BCUT2D eigenvalue weighted by Gasteiger charge is 2.16. The largest absolute Gasteiger partial charge is 0.381 e. The quantitative estimate of drug-likeness (QED) is 0.626. The van der Waals surface area contributed by atoms with Gasteiger partial charge in [0.05, 0.1) is 0 Å². The fraction of sp³-hybridized carbons (Fsp3) is 0.650. The summed E-state index contributed by atoms with van der Waals surface area (Å²) in [5, 5.41) is 0. The maximum atomic E-state index is 12.0. The first-order valence-corrected chi connectivity index (χ1v) is 9.24. The Labute approximate surface area is 140 Å². The normalized spacial score (nSPS) is 14.0. The Morgan fingerprint density at radius 1 is 0.957 bits per heavy atom. The van der Waals surface area contributed by atoms with E-state index in [0.29, 0.717) is 5.78 Å². The van der Waals surface area contributed by atoms with Gasteiger partial charge in [0.1, 0.15) is 0 Å². The summed E-state index contributed by atoms with van der Waals surface area (Å²) < 4.78 is 5.67. The van der Waals surface area contributed by atoms with Crippen LogP contribution in [0, 0.1) is 0 Å². The maximum Gasteiger partial charge on any atom is 0.163 e. The Morgan fingerprint density at radius 2 is 1.74 bits per heavy atom. The van der Waals surface area contributed by atoms with Gasteiger partial charge in [-0.05, 0) is 68.7 Å². The Morgan fingerprint density at radius 3 is 2.57 bits per heavy atom. The van der Waals surface area contributed by atoms with Crippen molar-refractivity contribution >= 4 is 5.78 Å². The Kier molecular flexibility index (Phi) is 8.33. The van der Waals surface area contributed by atoms with Gasteiger partial charge in [-0.1, -0.05) is 25.0 Å². The van der Waals surface area contributed by atoms with E-state index in [0.717, 1.165) is 76.7 Å². The van der Waals surface area contributed by atoms with Gasteiger partial charge in [0.15, 0.2) is 5.78 Å². The molecule has 0 fully saturated rings. The van der Waals surface area contributed by atoms with Gasteiger partial charge in [0, 0.05) is 25.2 Å². The lowest BCUT2D eigenvalue weighted by Crippen LogP contribution is -2.11. The topological polar surface area (TPSA) is 52.3 Å². The minimum Gasteiger partial charge on any atom is -0.381 e. The smallest absolute Gasteiger partial charge is 0.163 e. The van der Waals surface area contributed by atoms with Gasteiger partial charge < -0.3 is 10.5 Å². The van der Waals surface area contributed by atoms with E-state index in [1.54, 1.807) is 0 Å². The van der Waals surface area contributed by atoms with Crippen molar-refractivity contribution in [2.75, 3.05) is 19.8 Å². The van der Waals surface area contributed by atoms with Crippen LogP contribution in [-0.4, -0.2) is 25.5 Å². The van der Waals surface area contributed by atoms with Gasteiger partial charge in [0.2, 0.25) is 0 Å². The van der Waals surface area contributed by atoms with Crippen LogP contribution >= 0.6 is 0 Å². The molecule has 3 heteroatoms. The third kappa shape index (κ3) is 6.44. The molecule has 2 N–H and O–H groups in total. The number of carbonyl (C=O) groups excluding carboxylic acids is 1. The molecular weight excluding hydrogens is 286 g/mol. The molecule has 0 aliphatic heterocycles. The first-order chi connectivity index (χ1) is 11.3. The monoisotopic (exact) mass is 317 g/mol. The summed E-state index contributed by atoms with van der Waals surface area (Å²) in [6, 6.07) is 6.46. The molecule has 0 saturated heterocycles. The molecule has 1 aliphatic rings. The second-order valence-electron chi connectivity index (χ2n) is 6.54. The lowest BCUT2D eigenvalue weighted by Gasteiger charge is -2.15. The third-order valence-corrected chi connectivity index (χ3v) is 4.57. The minimum absolute atomic E-state index is 0.325. The fourth-order valence-electron chi connectivity index (χ4n) is 3.17. The summed E-state index contributed by atoms with van der Waals surface area (Å²) in [6.45, 7) is 2.52. The van der Waals surface area contributed by atoms with Gasteiger partial charge in [-0.15, -0.1) is 0 Å². The van der Waals surface area contributed by atoms with Gasteiger partial charge in [0.25, 0.3) is 0 Å². The summed E-state index contributed by atoms with van der Waals surface area (Å²) in [4.78, 5) is 12.0. The van der Waals surface area contributed by atoms with Crippen molar-refractivity contribution in [2.45, 2.75) is 64.2 Å². The average molecular weight is 317 g/mol. The van der Waals surface area contributed by atoms with E-state index >= 15 is 0 Å². The minimum atomic E-state index is 0.325. The molecule has 0 aromatic heterocycles. The second-order valence-corrected chi connectivity index (χ2v) is 6.54.